The van der Waals surface area contributed by atoms with Crippen LogP contribution in [0, 0.1) is 0 Å². The van der Waals surface area contributed by atoms with Crippen LogP contribution in [0.3, 0.4) is 0 Å². The van der Waals surface area contributed by atoms with Gasteiger partial charge in [-0.05, 0) is 52.6 Å². The molecule has 4 aromatic rings. The molecule has 6 nitrogen and oxygen atoms in total. The summed E-state index contributed by atoms with van der Waals surface area (Å²) in [6, 6.07) is 16.6. The van der Waals surface area contributed by atoms with Crippen molar-refractivity contribution >= 4 is 41.3 Å². The SMILES string of the molecule is CC(C)[O-].Cl.Clc1ccc([C@@H]2CNCc3cc(-c4ccc5ncnn5c4)ccc32)cc1Cl.O. The largest absolute Gasteiger partial charge is 0.852 e. The van der Waals surface area contributed by atoms with E-state index in [1.807, 2.05) is 24.4 Å². The molecule has 0 radical (unpaired) electrons. The number of hydrogen-bond donors (Lipinski definition) is 1. The molecule has 3 heterocycles. The first kappa shape index (κ1) is 27.1. The number of pyridine rings is 1. The van der Waals surface area contributed by atoms with Crippen molar-refractivity contribution in [1.29, 1.82) is 0 Å². The molecule has 2 aromatic carbocycles. The van der Waals surface area contributed by atoms with Crippen molar-refractivity contribution in [3.05, 3.63) is 87.8 Å². The number of nitrogens with zero attached hydrogens (tertiary/aromatic N) is 3. The van der Waals surface area contributed by atoms with Gasteiger partial charge in [0.05, 0.1) is 10.0 Å². The number of halogens is 3. The third-order valence-electron chi connectivity index (χ3n) is 5.14. The second-order valence-corrected chi connectivity index (χ2v) is 8.61. The normalized spacial score (nSPS) is 14.5. The summed E-state index contributed by atoms with van der Waals surface area (Å²) >= 11 is 12.3. The second kappa shape index (κ2) is 11.8. The van der Waals surface area contributed by atoms with Gasteiger partial charge in [0.15, 0.2) is 5.65 Å². The third-order valence-corrected chi connectivity index (χ3v) is 5.87. The molecule has 0 saturated carbocycles. The number of nitrogens with one attached hydrogen (secondary N) is 1. The minimum Gasteiger partial charge on any atom is -0.852 e. The first-order valence-corrected chi connectivity index (χ1v) is 10.9. The van der Waals surface area contributed by atoms with E-state index in [0.717, 1.165) is 24.3 Å². The molecule has 0 spiro atoms. The molecule has 3 N–H and O–H groups in total. The lowest BCUT2D eigenvalue weighted by Crippen LogP contribution is -2.28. The van der Waals surface area contributed by atoms with Crippen LogP contribution in [0.2, 0.25) is 10.0 Å². The maximum absolute atomic E-state index is 9.53. The van der Waals surface area contributed by atoms with Crippen molar-refractivity contribution in [1.82, 2.24) is 19.9 Å². The topological polar surface area (TPSA) is 96.8 Å². The van der Waals surface area contributed by atoms with Crippen LogP contribution >= 0.6 is 35.6 Å². The van der Waals surface area contributed by atoms with E-state index in [2.05, 4.69) is 45.7 Å². The number of rotatable bonds is 2. The van der Waals surface area contributed by atoms with Gasteiger partial charge in [-0.1, -0.05) is 55.2 Å². The molecule has 1 atom stereocenters. The van der Waals surface area contributed by atoms with Crippen LogP contribution in [0.15, 0.2) is 61.1 Å². The van der Waals surface area contributed by atoms with Gasteiger partial charge in [0.1, 0.15) is 6.33 Å². The van der Waals surface area contributed by atoms with Crippen LogP contribution in [-0.4, -0.2) is 32.7 Å². The number of benzene rings is 2. The highest BCUT2D eigenvalue weighted by Gasteiger charge is 2.22. The van der Waals surface area contributed by atoms with Crippen molar-refractivity contribution < 1.29 is 10.6 Å². The molecule has 2 aromatic heterocycles. The Hall–Kier alpha value is -2.19. The monoisotopic (exact) mass is 507 g/mol. The molecule has 0 aliphatic carbocycles. The summed E-state index contributed by atoms with van der Waals surface area (Å²) in [6.07, 6.45) is 3.16. The molecule has 0 amide bonds. The Morgan fingerprint density at radius 1 is 1.03 bits per heavy atom. The second-order valence-electron chi connectivity index (χ2n) is 7.80. The standard InChI is InChI=1S/C21H16Cl2N4.C3H7O.ClH.H2O/c22-19-5-2-14(8-20(19)23)18-10-24-9-16-7-13(1-4-17(16)18)15-3-6-21-25-12-26-27(21)11-15;1-3(2)4;;/h1-8,11-12,18,24H,9-10H2;3H,1-2H3;1H;1H2/q;-1;;/t18-;;;/m0.../s1. The average molecular weight is 509 g/mol. The van der Waals surface area contributed by atoms with Crippen LogP contribution in [-0.2, 0) is 6.54 Å². The van der Waals surface area contributed by atoms with Gasteiger partial charge in [-0.2, -0.15) is 5.10 Å². The minimum atomic E-state index is -0.417. The highest BCUT2D eigenvalue weighted by Crippen LogP contribution is 2.35. The number of fused-ring (bicyclic) bond motifs is 2. The maximum Gasteiger partial charge on any atom is 0.155 e. The Labute approximate surface area is 209 Å². The molecule has 176 valence electrons. The Morgan fingerprint density at radius 2 is 1.76 bits per heavy atom. The fraction of sp³-hybridized carbons (Fsp3) is 0.250. The Morgan fingerprint density at radius 3 is 2.48 bits per heavy atom. The van der Waals surface area contributed by atoms with E-state index in [-0.39, 0.29) is 23.8 Å². The molecule has 1 aliphatic rings. The predicted molar refractivity (Wildman–Crippen MR) is 134 cm³/mol. The van der Waals surface area contributed by atoms with Gasteiger partial charge >= 0.3 is 0 Å². The maximum atomic E-state index is 9.53. The van der Waals surface area contributed by atoms with E-state index in [1.54, 1.807) is 24.7 Å². The van der Waals surface area contributed by atoms with Crippen molar-refractivity contribution in [2.24, 2.45) is 0 Å². The van der Waals surface area contributed by atoms with Crippen LogP contribution in [0.25, 0.3) is 16.8 Å². The molecular formula is C24H26Cl3N4O2-. The highest BCUT2D eigenvalue weighted by molar-refractivity contribution is 6.42. The summed E-state index contributed by atoms with van der Waals surface area (Å²) in [4.78, 5) is 4.20. The summed E-state index contributed by atoms with van der Waals surface area (Å²) in [6.45, 7) is 4.96. The molecule has 33 heavy (non-hydrogen) atoms. The van der Waals surface area contributed by atoms with Crippen molar-refractivity contribution in [3.8, 4) is 11.1 Å². The molecule has 0 fully saturated rings. The van der Waals surface area contributed by atoms with E-state index >= 15 is 0 Å². The Bertz CT molecular complexity index is 1210. The first-order valence-electron chi connectivity index (χ1n) is 10.2. The van der Waals surface area contributed by atoms with E-state index in [9.17, 15) is 5.11 Å². The lowest BCUT2D eigenvalue weighted by atomic mass is 9.84. The van der Waals surface area contributed by atoms with E-state index in [0.29, 0.717) is 10.0 Å². The van der Waals surface area contributed by atoms with Crippen LogP contribution in [0.5, 0.6) is 0 Å². The van der Waals surface area contributed by atoms with Gasteiger partial charge < -0.3 is 15.9 Å². The summed E-state index contributed by atoms with van der Waals surface area (Å²) in [5.74, 6) is 0.260. The molecule has 0 saturated heterocycles. The number of hydrogen-bond acceptors (Lipinski definition) is 4. The Balaban J connectivity index is 0.000000597. The van der Waals surface area contributed by atoms with Crippen LogP contribution < -0.4 is 10.4 Å². The van der Waals surface area contributed by atoms with E-state index in [1.165, 1.54) is 22.3 Å². The first-order chi connectivity index (χ1) is 14.9. The van der Waals surface area contributed by atoms with Gasteiger partial charge in [0.2, 0.25) is 0 Å². The number of aromatic nitrogens is 3. The predicted octanol–water partition coefficient (Wildman–Crippen LogP) is 4.29. The van der Waals surface area contributed by atoms with Gasteiger partial charge in [-0.3, -0.25) is 0 Å². The smallest absolute Gasteiger partial charge is 0.155 e. The summed E-state index contributed by atoms with van der Waals surface area (Å²) in [5, 5.41) is 18.5. The molecule has 1 aliphatic heterocycles. The molecule has 0 bridgehead atoms. The zero-order valence-corrected chi connectivity index (χ0v) is 20.6. The van der Waals surface area contributed by atoms with Gasteiger partial charge in [0.25, 0.3) is 0 Å². The lowest BCUT2D eigenvalue weighted by molar-refractivity contribution is -0.407. The third kappa shape index (κ3) is 6.23. The van der Waals surface area contributed by atoms with Crippen LogP contribution in [0.1, 0.15) is 36.5 Å². The van der Waals surface area contributed by atoms with Gasteiger partial charge in [-0.25, -0.2) is 9.50 Å². The quantitative estimate of drug-likeness (QED) is 0.437. The van der Waals surface area contributed by atoms with Gasteiger partial charge in [-0.15, -0.1) is 18.5 Å². The van der Waals surface area contributed by atoms with Crippen molar-refractivity contribution in [2.45, 2.75) is 32.4 Å². The molecule has 5 rings (SSSR count). The van der Waals surface area contributed by atoms with Crippen LogP contribution in [0.4, 0.5) is 0 Å². The van der Waals surface area contributed by atoms with Crippen molar-refractivity contribution in [2.75, 3.05) is 6.54 Å². The fourth-order valence-electron chi connectivity index (χ4n) is 3.75. The van der Waals surface area contributed by atoms with Gasteiger partial charge in [0, 0.05) is 30.8 Å². The molecule has 9 heteroatoms. The summed E-state index contributed by atoms with van der Waals surface area (Å²) < 4.78 is 1.80. The van der Waals surface area contributed by atoms with Crippen molar-refractivity contribution in [3.63, 3.8) is 0 Å². The molecule has 0 unspecified atom stereocenters. The zero-order valence-electron chi connectivity index (χ0n) is 18.3. The fourth-order valence-corrected chi connectivity index (χ4v) is 4.06. The zero-order chi connectivity index (χ0) is 22.0. The molecular weight excluding hydrogens is 483 g/mol. The van der Waals surface area contributed by atoms with E-state index < -0.39 is 6.10 Å². The van der Waals surface area contributed by atoms with E-state index in [4.69, 9.17) is 23.2 Å². The lowest BCUT2D eigenvalue weighted by Gasteiger charge is -2.27. The minimum absolute atomic E-state index is 0. The average Bonchev–Trinajstić information content (AvgIpc) is 3.22. The highest BCUT2D eigenvalue weighted by atomic mass is 35.5. The Kier molecular flexibility index (Phi) is 9.67. The summed E-state index contributed by atoms with van der Waals surface area (Å²) in [7, 11) is 0. The summed E-state index contributed by atoms with van der Waals surface area (Å²) in [5.41, 5.74) is 6.94.